The van der Waals surface area contributed by atoms with E-state index in [0.29, 0.717) is 19.7 Å². The standard InChI is InChI=1S/C14H23FN2O/c1-2-7-18-14-6-5-13(15)8-12(14)4-3-11(9-16)10-17/h5-6,8,11H,2-4,7,9-10,16-17H2,1H3. The second kappa shape index (κ2) is 8.06. The molecule has 0 unspecified atom stereocenters. The van der Waals surface area contributed by atoms with Gasteiger partial charge in [0, 0.05) is 0 Å². The summed E-state index contributed by atoms with van der Waals surface area (Å²) in [6.07, 6.45) is 2.54. The number of ether oxygens (including phenoxy) is 1. The number of aryl methyl sites for hydroxylation is 1. The van der Waals surface area contributed by atoms with Gasteiger partial charge >= 0.3 is 0 Å². The molecular formula is C14H23FN2O. The van der Waals surface area contributed by atoms with Gasteiger partial charge in [-0.2, -0.15) is 0 Å². The van der Waals surface area contributed by atoms with E-state index in [0.717, 1.165) is 30.6 Å². The molecule has 1 aromatic rings. The smallest absolute Gasteiger partial charge is 0.123 e. The molecule has 0 amide bonds. The zero-order chi connectivity index (χ0) is 13.4. The topological polar surface area (TPSA) is 61.3 Å². The summed E-state index contributed by atoms with van der Waals surface area (Å²) in [5.41, 5.74) is 12.1. The van der Waals surface area contributed by atoms with E-state index in [4.69, 9.17) is 16.2 Å². The molecule has 0 aromatic heterocycles. The van der Waals surface area contributed by atoms with Crippen molar-refractivity contribution in [3.63, 3.8) is 0 Å². The SMILES string of the molecule is CCCOc1ccc(F)cc1CCC(CN)CN. The Hall–Kier alpha value is -1.13. The van der Waals surface area contributed by atoms with Gasteiger partial charge in [-0.1, -0.05) is 6.92 Å². The van der Waals surface area contributed by atoms with Gasteiger partial charge in [-0.05, 0) is 62.0 Å². The van der Waals surface area contributed by atoms with Crippen molar-refractivity contribution in [2.45, 2.75) is 26.2 Å². The monoisotopic (exact) mass is 254 g/mol. The van der Waals surface area contributed by atoms with Crippen molar-refractivity contribution >= 4 is 0 Å². The lowest BCUT2D eigenvalue weighted by Crippen LogP contribution is -2.23. The van der Waals surface area contributed by atoms with Crippen molar-refractivity contribution < 1.29 is 9.13 Å². The van der Waals surface area contributed by atoms with Crippen LogP contribution in [0.5, 0.6) is 5.75 Å². The average molecular weight is 254 g/mol. The summed E-state index contributed by atoms with van der Waals surface area (Å²) < 4.78 is 18.9. The summed E-state index contributed by atoms with van der Waals surface area (Å²) in [5, 5.41) is 0. The Morgan fingerprint density at radius 1 is 1.28 bits per heavy atom. The van der Waals surface area contributed by atoms with Crippen LogP contribution in [0.15, 0.2) is 18.2 Å². The van der Waals surface area contributed by atoms with Gasteiger partial charge in [0.1, 0.15) is 11.6 Å². The summed E-state index contributed by atoms with van der Waals surface area (Å²) in [6, 6.07) is 4.66. The lowest BCUT2D eigenvalue weighted by molar-refractivity contribution is 0.312. The first-order valence-electron chi connectivity index (χ1n) is 6.52. The third-order valence-corrected chi connectivity index (χ3v) is 2.97. The zero-order valence-electron chi connectivity index (χ0n) is 11.0. The van der Waals surface area contributed by atoms with Crippen LogP contribution in [-0.2, 0) is 6.42 Å². The van der Waals surface area contributed by atoms with E-state index in [1.807, 2.05) is 6.92 Å². The summed E-state index contributed by atoms with van der Waals surface area (Å²) in [4.78, 5) is 0. The predicted molar refractivity (Wildman–Crippen MR) is 72.1 cm³/mol. The van der Waals surface area contributed by atoms with Crippen LogP contribution in [-0.4, -0.2) is 19.7 Å². The van der Waals surface area contributed by atoms with Gasteiger partial charge in [-0.3, -0.25) is 0 Å². The Kier molecular flexibility index (Phi) is 6.68. The van der Waals surface area contributed by atoms with Gasteiger partial charge in [0.05, 0.1) is 6.61 Å². The van der Waals surface area contributed by atoms with Crippen molar-refractivity contribution in [1.29, 1.82) is 0 Å². The highest BCUT2D eigenvalue weighted by atomic mass is 19.1. The van der Waals surface area contributed by atoms with Crippen LogP contribution in [0.2, 0.25) is 0 Å². The van der Waals surface area contributed by atoms with Crippen LogP contribution in [0.4, 0.5) is 4.39 Å². The lowest BCUT2D eigenvalue weighted by Gasteiger charge is -2.14. The summed E-state index contributed by atoms with van der Waals surface area (Å²) >= 11 is 0. The molecule has 0 spiro atoms. The molecule has 3 nitrogen and oxygen atoms in total. The van der Waals surface area contributed by atoms with Gasteiger partial charge in [-0.15, -0.1) is 0 Å². The second-order valence-corrected chi connectivity index (χ2v) is 4.48. The van der Waals surface area contributed by atoms with Crippen LogP contribution in [0, 0.1) is 11.7 Å². The molecule has 0 aliphatic rings. The number of nitrogens with two attached hydrogens (primary N) is 2. The molecule has 0 aliphatic heterocycles. The van der Waals surface area contributed by atoms with Gasteiger partial charge in [0.2, 0.25) is 0 Å². The maximum atomic E-state index is 13.3. The summed E-state index contributed by atoms with van der Waals surface area (Å²) in [5.74, 6) is 0.823. The predicted octanol–water partition coefficient (Wildman–Crippen LogP) is 2.08. The van der Waals surface area contributed by atoms with Crippen LogP contribution >= 0.6 is 0 Å². The van der Waals surface area contributed by atoms with Crippen molar-refractivity contribution in [3.05, 3.63) is 29.6 Å². The van der Waals surface area contributed by atoms with Gasteiger partial charge in [0.25, 0.3) is 0 Å². The largest absolute Gasteiger partial charge is 0.493 e. The molecule has 0 saturated carbocycles. The minimum atomic E-state index is -0.231. The molecule has 4 N–H and O–H groups in total. The Morgan fingerprint density at radius 3 is 2.61 bits per heavy atom. The second-order valence-electron chi connectivity index (χ2n) is 4.48. The van der Waals surface area contributed by atoms with Crippen LogP contribution in [0.3, 0.4) is 0 Å². The van der Waals surface area contributed by atoms with E-state index >= 15 is 0 Å². The highest BCUT2D eigenvalue weighted by Crippen LogP contribution is 2.22. The van der Waals surface area contributed by atoms with E-state index in [1.165, 1.54) is 12.1 Å². The fourth-order valence-corrected chi connectivity index (χ4v) is 1.79. The molecular weight excluding hydrogens is 231 g/mol. The first-order valence-corrected chi connectivity index (χ1v) is 6.52. The molecule has 0 fully saturated rings. The third-order valence-electron chi connectivity index (χ3n) is 2.97. The van der Waals surface area contributed by atoms with E-state index in [2.05, 4.69) is 0 Å². The van der Waals surface area contributed by atoms with Crippen molar-refractivity contribution in [3.8, 4) is 5.75 Å². The van der Waals surface area contributed by atoms with Gasteiger partial charge in [-0.25, -0.2) is 4.39 Å². The van der Waals surface area contributed by atoms with Crippen molar-refractivity contribution in [1.82, 2.24) is 0 Å². The molecule has 0 atom stereocenters. The average Bonchev–Trinajstić information content (AvgIpc) is 2.39. The fourth-order valence-electron chi connectivity index (χ4n) is 1.79. The number of hydrogen-bond acceptors (Lipinski definition) is 3. The fraction of sp³-hybridized carbons (Fsp3) is 0.571. The molecule has 102 valence electrons. The van der Waals surface area contributed by atoms with E-state index in [-0.39, 0.29) is 11.7 Å². The molecule has 0 heterocycles. The molecule has 0 saturated heterocycles. The number of rotatable bonds is 8. The lowest BCUT2D eigenvalue weighted by atomic mass is 9.99. The van der Waals surface area contributed by atoms with E-state index < -0.39 is 0 Å². The maximum absolute atomic E-state index is 13.3. The van der Waals surface area contributed by atoms with Gasteiger partial charge in [0.15, 0.2) is 0 Å². The van der Waals surface area contributed by atoms with Crippen LogP contribution < -0.4 is 16.2 Å². The Balaban J connectivity index is 2.68. The van der Waals surface area contributed by atoms with E-state index in [1.54, 1.807) is 6.07 Å². The Bertz CT molecular complexity index is 354. The van der Waals surface area contributed by atoms with Crippen molar-refractivity contribution in [2.24, 2.45) is 17.4 Å². The highest BCUT2D eigenvalue weighted by Gasteiger charge is 2.09. The first-order chi connectivity index (χ1) is 8.71. The zero-order valence-corrected chi connectivity index (χ0v) is 11.0. The summed E-state index contributed by atoms with van der Waals surface area (Å²) in [7, 11) is 0. The number of benzene rings is 1. The molecule has 0 radical (unpaired) electrons. The first kappa shape index (κ1) is 14.9. The summed E-state index contributed by atoms with van der Waals surface area (Å²) in [6.45, 7) is 3.83. The van der Waals surface area contributed by atoms with E-state index in [9.17, 15) is 4.39 Å². The molecule has 1 aromatic carbocycles. The van der Waals surface area contributed by atoms with Crippen LogP contribution in [0.25, 0.3) is 0 Å². The minimum absolute atomic E-state index is 0.231. The molecule has 0 aliphatic carbocycles. The third kappa shape index (κ3) is 4.63. The van der Waals surface area contributed by atoms with Crippen molar-refractivity contribution in [2.75, 3.05) is 19.7 Å². The molecule has 0 bridgehead atoms. The Labute approximate surface area is 108 Å². The highest BCUT2D eigenvalue weighted by molar-refractivity contribution is 5.34. The molecule has 1 rings (SSSR count). The quantitative estimate of drug-likeness (QED) is 0.746. The Morgan fingerprint density at radius 2 is 2.00 bits per heavy atom. The number of hydrogen-bond donors (Lipinski definition) is 2. The van der Waals surface area contributed by atoms with Gasteiger partial charge < -0.3 is 16.2 Å². The number of halogens is 1. The maximum Gasteiger partial charge on any atom is 0.123 e. The minimum Gasteiger partial charge on any atom is -0.493 e. The molecule has 4 heteroatoms. The normalized spacial score (nSPS) is 10.9. The van der Waals surface area contributed by atoms with Crippen LogP contribution in [0.1, 0.15) is 25.3 Å². The molecule has 18 heavy (non-hydrogen) atoms.